The van der Waals surface area contributed by atoms with Crippen LogP contribution in [-0.2, 0) is 11.3 Å². The molecule has 1 saturated heterocycles. The summed E-state index contributed by atoms with van der Waals surface area (Å²) in [5, 5.41) is 3.43. The number of ether oxygens (including phenoxy) is 1. The normalized spacial score (nSPS) is 15.4. The van der Waals surface area contributed by atoms with E-state index >= 15 is 0 Å². The molecule has 1 aromatic heterocycles. The summed E-state index contributed by atoms with van der Waals surface area (Å²) >= 11 is 0. The number of rotatable bonds is 8. The molecule has 1 N–H and O–H groups in total. The molecule has 2 heterocycles. The molecule has 31 heavy (non-hydrogen) atoms. The number of halogens is 1. The summed E-state index contributed by atoms with van der Waals surface area (Å²) in [5.74, 6) is 1.50. The van der Waals surface area contributed by atoms with E-state index in [2.05, 4.69) is 26.7 Å². The van der Waals surface area contributed by atoms with Crippen molar-refractivity contribution in [1.82, 2.24) is 24.7 Å². The molecule has 0 spiro atoms. The van der Waals surface area contributed by atoms with E-state index in [1.165, 1.54) is 0 Å². The van der Waals surface area contributed by atoms with Gasteiger partial charge in [-0.2, -0.15) is 0 Å². The Kier molecular flexibility index (Phi) is 12.2. The molecule has 0 aromatic carbocycles. The lowest BCUT2D eigenvalue weighted by Crippen LogP contribution is -2.48. The Morgan fingerprint density at radius 3 is 2.55 bits per heavy atom. The van der Waals surface area contributed by atoms with Gasteiger partial charge in [-0.05, 0) is 59.8 Å². The number of guanidine groups is 1. The third-order valence-electron chi connectivity index (χ3n) is 5.16. The van der Waals surface area contributed by atoms with Gasteiger partial charge in [0.1, 0.15) is 5.60 Å². The van der Waals surface area contributed by atoms with Gasteiger partial charge in [0, 0.05) is 58.2 Å². The average Bonchev–Trinajstić information content (AvgIpc) is 3.21. The molecular weight excluding hydrogens is 507 g/mol. The molecule has 0 radical (unpaired) electrons. The van der Waals surface area contributed by atoms with Gasteiger partial charge in [-0.1, -0.05) is 0 Å². The number of carbonyl (C=O) groups excluding carboxylic acids is 1. The highest BCUT2D eigenvalue weighted by Crippen LogP contribution is 2.20. The van der Waals surface area contributed by atoms with Gasteiger partial charge in [0.15, 0.2) is 5.96 Å². The van der Waals surface area contributed by atoms with Crippen molar-refractivity contribution in [3.8, 4) is 0 Å². The average molecular weight is 549 g/mol. The fourth-order valence-corrected chi connectivity index (χ4v) is 3.58. The quantitative estimate of drug-likeness (QED) is 0.232. The van der Waals surface area contributed by atoms with Gasteiger partial charge in [-0.3, -0.25) is 4.99 Å². The van der Waals surface area contributed by atoms with Crippen molar-refractivity contribution in [3.63, 3.8) is 0 Å². The second kappa shape index (κ2) is 13.8. The number of aryl methyl sites for hydroxylation is 1. The Morgan fingerprint density at radius 1 is 1.29 bits per heavy atom. The van der Waals surface area contributed by atoms with E-state index < -0.39 is 5.60 Å². The fraction of sp³-hybridized carbons (Fsp3) is 0.773. The molecule has 0 bridgehead atoms. The second-order valence-electron chi connectivity index (χ2n) is 8.84. The smallest absolute Gasteiger partial charge is 0.410 e. The number of likely N-dealkylation sites (tertiary alicyclic amines) is 1. The van der Waals surface area contributed by atoms with Crippen LogP contribution in [0.4, 0.5) is 4.79 Å². The number of nitrogens with one attached hydrogen (secondary N) is 1. The summed E-state index contributed by atoms with van der Waals surface area (Å²) in [6, 6.07) is 0. The number of imidazole rings is 1. The zero-order valence-corrected chi connectivity index (χ0v) is 22.2. The van der Waals surface area contributed by atoms with Gasteiger partial charge in [0.05, 0.1) is 6.33 Å². The van der Waals surface area contributed by atoms with Crippen LogP contribution in [0.5, 0.6) is 0 Å². The summed E-state index contributed by atoms with van der Waals surface area (Å²) < 4.78 is 7.63. The van der Waals surface area contributed by atoms with Gasteiger partial charge >= 0.3 is 6.09 Å². The van der Waals surface area contributed by atoms with Crippen LogP contribution < -0.4 is 5.32 Å². The lowest BCUT2D eigenvalue weighted by atomic mass is 9.96. The van der Waals surface area contributed by atoms with Gasteiger partial charge in [0.25, 0.3) is 0 Å². The van der Waals surface area contributed by atoms with Crippen LogP contribution in [0.3, 0.4) is 0 Å². The second-order valence-corrected chi connectivity index (χ2v) is 8.84. The molecule has 0 unspecified atom stereocenters. The van der Waals surface area contributed by atoms with E-state index in [0.29, 0.717) is 12.5 Å². The lowest BCUT2D eigenvalue weighted by molar-refractivity contribution is 0.0214. The molecule has 0 saturated carbocycles. The van der Waals surface area contributed by atoms with E-state index in [-0.39, 0.29) is 30.1 Å². The highest BCUT2D eigenvalue weighted by atomic mass is 127. The minimum Gasteiger partial charge on any atom is -0.444 e. The van der Waals surface area contributed by atoms with Gasteiger partial charge in [0.2, 0.25) is 0 Å². The SMILES string of the molecule is CCNC(=NCCCn1ccnc1)N1CCC(CN(CC)C(=O)OC(C)(C)C)CC1.I. The summed E-state index contributed by atoms with van der Waals surface area (Å²) in [7, 11) is 0. The molecule has 178 valence electrons. The Bertz CT molecular complexity index is 651. The van der Waals surface area contributed by atoms with Crippen LogP contribution in [0.25, 0.3) is 0 Å². The zero-order valence-electron chi connectivity index (χ0n) is 19.8. The number of piperidine rings is 1. The van der Waals surface area contributed by atoms with E-state index in [1.807, 2.05) is 45.1 Å². The Labute approximate surface area is 204 Å². The Morgan fingerprint density at radius 2 is 2.00 bits per heavy atom. The van der Waals surface area contributed by atoms with E-state index in [4.69, 9.17) is 9.73 Å². The molecule has 1 aromatic rings. The number of nitrogens with zero attached hydrogens (tertiary/aromatic N) is 5. The first kappa shape index (κ1) is 27.5. The first-order valence-corrected chi connectivity index (χ1v) is 11.3. The van der Waals surface area contributed by atoms with E-state index in [9.17, 15) is 4.79 Å². The number of hydrogen-bond donors (Lipinski definition) is 1. The van der Waals surface area contributed by atoms with E-state index in [1.54, 1.807) is 6.20 Å². The van der Waals surface area contributed by atoms with Crippen molar-refractivity contribution < 1.29 is 9.53 Å². The number of carbonyl (C=O) groups is 1. The maximum Gasteiger partial charge on any atom is 0.410 e. The number of hydrogen-bond acceptors (Lipinski definition) is 4. The predicted octanol–water partition coefficient (Wildman–Crippen LogP) is 3.83. The first-order chi connectivity index (χ1) is 14.3. The van der Waals surface area contributed by atoms with Gasteiger partial charge < -0.3 is 24.4 Å². The number of amides is 1. The van der Waals surface area contributed by atoms with Crippen LogP contribution in [0.15, 0.2) is 23.7 Å². The molecular formula is C22H41IN6O2. The van der Waals surface area contributed by atoms with Crippen LogP contribution >= 0.6 is 24.0 Å². The van der Waals surface area contributed by atoms with Crippen LogP contribution in [-0.4, -0.2) is 76.3 Å². The zero-order chi connectivity index (χ0) is 22.0. The van der Waals surface area contributed by atoms with Crippen molar-refractivity contribution in [1.29, 1.82) is 0 Å². The maximum atomic E-state index is 12.4. The molecule has 1 amide bonds. The number of aromatic nitrogens is 2. The third kappa shape index (κ3) is 10.1. The highest BCUT2D eigenvalue weighted by Gasteiger charge is 2.27. The third-order valence-corrected chi connectivity index (χ3v) is 5.16. The summed E-state index contributed by atoms with van der Waals surface area (Å²) in [6.45, 7) is 15.8. The molecule has 2 rings (SSSR count). The fourth-order valence-electron chi connectivity index (χ4n) is 3.58. The van der Waals surface area contributed by atoms with Gasteiger partial charge in [-0.25, -0.2) is 9.78 Å². The standard InChI is InChI=1S/C22H40N6O2.HI/c1-6-24-20(25-11-8-13-26-16-12-23-18-26)28-14-9-19(10-15-28)17-27(7-2)21(29)30-22(3,4)5;/h12,16,18-19H,6-11,13-15,17H2,1-5H3,(H,24,25);1H. The van der Waals surface area contributed by atoms with E-state index in [0.717, 1.165) is 64.5 Å². The maximum absolute atomic E-state index is 12.4. The molecule has 1 aliphatic heterocycles. The van der Waals surface area contributed by atoms with Crippen LogP contribution in [0, 0.1) is 5.92 Å². The summed E-state index contributed by atoms with van der Waals surface area (Å²) in [6.07, 6.45) is 8.52. The monoisotopic (exact) mass is 548 g/mol. The van der Waals surface area contributed by atoms with Crippen molar-refractivity contribution in [2.45, 2.75) is 66.0 Å². The molecule has 1 aliphatic rings. The van der Waals surface area contributed by atoms with Crippen LogP contribution in [0.1, 0.15) is 53.9 Å². The van der Waals surface area contributed by atoms with Crippen molar-refractivity contribution in [2.24, 2.45) is 10.9 Å². The van der Waals surface area contributed by atoms with Crippen molar-refractivity contribution in [3.05, 3.63) is 18.7 Å². The number of aliphatic imine (C=N–C) groups is 1. The molecule has 9 heteroatoms. The topological polar surface area (TPSA) is 75.0 Å². The van der Waals surface area contributed by atoms with Crippen molar-refractivity contribution in [2.75, 3.05) is 39.3 Å². The van der Waals surface area contributed by atoms with Crippen LogP contribution in [0.2, 0.25) is 0 Å². The molecule has 0 aliphatic carbocycles. The minimum atomic E-state index is -0.455. The lowest BCUT2D eigenvalue weighted by Gasteiger charge is -2.36. The molecule has 1 fully saturated rings. The minimum absolute atomic E-state index is 0. The predicted molar refractivity (Wildman–Crippen MR) is 136 cm³/mol. The first-order valence-electron chi connectivity index (χ1n) is 11.3. The van der Waals surface area contributed by atoms with Crippen molar-refractivity contribution >= 4 is 36.0 Å². The molecule has 8 nitrogen and oxygen atoms in total. The largest absolute Gasteiger partial charge is 0.444 e. The molecule has 0 atom stereocenters. The Balaban J connectivity index is 0.00000480. The Hall–Kier alpha value is -1.52. The van der Waals surface area contributed by atoms with Gasteiger partial charge in [-0.15, -0.1) is 24.0 Å². The highest BCUT2D eigenvalue weighted by molar-refractivity contribution is 14.0. The summed E-state index contributed by atoms with van der Waals surface area (Å²) in [5.41, 5.74) is -0.455. The summed E-state index contributed by atoms with van der Waals surface area (Å²) in [4.78, 5) is 25.5.